The van der Waals surface area contributed by atoms with Crippen LogP contribution in [0.2, 0.25) is 10.0 Å². The summed E-state index contributed by atoms with van der Waals surface area (Å²) in [5.74, 6) is 0. The van der Waals surface area contributed by atoms with Gasteiger partial charge in [-0.05, 0) is 30.7 Å². The summed E-state index contributed by atoms with van der Waals surface area (Å²) in [6.45, 7) is 1.90. The monoisotopic (exact) mass is 343 g/mol. The van der Waals surface area contributed by atoms with Gasteiger partial charge in [-0.1, -0.05) is 47.5 Å². The van der Waals surface area contributed by atoms with Crippen LogP contribution in [0.4, 0.5) is 5.69 Å². The highest BCUT2D eigenvalue weighted by atomic mass is 35.5. The summed E-state index contributed by atoms with van der Waals surface area (Å²) in [5, 5.41) is 4.12. The van der Waals surface area contributed by atoms with E-state index in [1.165, 1.54) is 6.26 Å². The molecule has 0 spiro atoms. The molecule has 0 saturated heterocycles. The topological polar surface area (TPSA) is 46.2 Å². The van der Waals surface area contributed by atoms with Crippen LogP contribution in [0.1, 0.15) is 18.5 Å². The molecule has 21 heavy (non-hydrogen) atoms. The Bertz CT molecular complexity index is 760. The minimum absolute atomic E-state index is 0.181. The van der Waals surface area contributed by atoms with Gasteiger partial charge in [0.1, 0.15) is 0 Å². The molecule has 2 aromatic rings. The van der Waals surface area contributed by atoms with Gasteiger partial charge in [0.15, 0.2) is 9.84 Å². The highest BCUT2D eigenvalue weighted by molar-refractivity contribution is 7.90. The Hall–Kier alpha value is -1.23. The third-order valence-electron chi connectivity index (χ3n) is 3.11. The van der Waals surface area contributed by atoms with Crippen molar-refractivity contribution in [2.24, 2.45) is 0 Å². The van der Waals surface area contributed by atoms with Gasteiger partial charge in [0, 0.05) is 6.26 Å². The zero-order valence-electron chi connectivity index (χ0n) is 11.6. The quantitative estimate of drug-likeness (QED) is 0.884. The number of benzene rings is 2. The summed E-state index contributed by atoms with van der Waals surface area (Å²) in [7, 11) is -3.30. The summed E-state index contributed by atoms with van der Waals surface area (Å²) in [6, 6.07) is 12.0. The van der Waals surface area contributed by atoms with Gasteiger partial charge in [-0.15, -0.1) is 0 Å². The number of para-hydroxylation sites is 1. The lowest BCUT2D eigenvalue weighted by atomic mass is 10.1. The number of nitrogens with one attached hydrogen (secondary N) is 1. The zero-order valence-corrected chi connectivity index (χ0v) is 13.9. The van der Waals surface area contributed by atoms with Gasteiger partial charge in [0.25, 0.3) is 0 Å². The molecular formula is C15H15Cl2NO2S. The zero-order chi connectivity index (χ0) is 15.6. The molecule has 112 valence electrons. The van der Waals surface area contributed by atoms with Crippen LogP contribution in [0.25, 0.3) is 0 Å². The number of hydrogen-bond acceptors (Lipinski definition) is 3. The molecule has 0 saturated carbocycles. The van der Waals surface area contributed by atoms with Crippen LogP contribution in [0.3, 0.4) is 0 Å². The molecule has 0 bridgehead atoms. The summed E-state index contributed by atoms with van der Waals surface area (Å²) in [5.41, 5.74) is 1.36. The lowest BCUT2D eigenvalue weighted by molar-refractivity contribution is 0.602. The third-order valence-corrected chi connectivity index (χ3v) is 5.09. The maximum absolute atomic E-state index is 11.8. The Morgan fingerprint density at radius 2 is 1.71 bits per heavy atom. The van der Waals surface area contributed by atoms with Crippen LogP contribution in [0.5, 0.6) is 0 Å². The second-order valence-corrected chi connectivity index (χ2v) is 7.55. The van der Waals surface area contributed by atoms with Gasteiger partial charge in [0.05, 0.1) is 26.7 Å². The highest BCUT2D eigenvalue weighted by Gasteiger charge is 2.16. The van der Waals surface area contributed by atoms with Crippen molar-refractivity contribution in [2.75, 3.05) is 11.6 Å². The standard InChI is InChI=1S/C15H15Cl2NO2S/c1-10(11-6-5-7-12(16)15(11)17)18-13-8-3-4-9-14(13)21(2,19)20/h3-10,18H,1-2H3. The molecule has 2 rings (SSSR count). The molecule has 0 aliphatic carbocycles. The van der Waals surface area contributed by atoms with Gasteiger partial charge in [-0.2, -0.15) is 0 Å². The Balaban J connectivity index is 2.37. The van der Waals surface area contributed by atoms with Crippen molar-refractivity contribution in [1.82, 2.24) is 0 Å². The second-order valence-electron chi connectivity index (χ2n) is 4.78. The van der Waals surface area contributed by atoms with E-state index in [0.717, 1.165) is 5.56 Å². The van der Waals surface area contributed by atoms with Crippen LogP contribution in [0.15, 0.2) is 47.4 Å². The minimum Gasteiger partial charge on any atom is -0.377 e. The molecule has 0 aliphatic rings. The van der Waals surface area contributed by atoms with Crippen molar-refractivity contribution in [3.63, 3.8) is 0 Å². The minimum atomic E-state index is -3.30. The van der Waals surface area contributed by atoms with Crippen molar-refractivity contribution in [3.05, 3.63) is 58.1 Å². The fraction of sp³-hybridized carbons (Fsp3) is 0.200. The summed E-state index contributed by atoms with van der Waals surface area (Å²) >= 11 is 12.2. The number of halogens is 2. The number of rotatable bonds is 4. The molecule has 1 atom stereocenters. The largest absolute Gasteiger partial charge is 0.377 e. The second kappa shape index (κ2) is 6.26. The highest BCUT2D eigenvalue weighted by Crippen LogP contribution is 2.32. The number of sulfone groups is 1. The number of anilines is 1. The predicted octanol–water partition coefficient (Wildman–Crippen LogP) is 4.57. The van der Waals surface area contributed by atoms with E-state index in [2.05, 4.69) is 5.32 Å². The molecule has 0 aliphatic heterocycles. The maximum Gasteiger partial charge on any atom is 0.177 e. The van der Waals surface area contributed by atoms with Gasteiger partial charge >= 0.3 is 0 Å². The van der Waals surface area contributed by atoms with Crippen molar-refractivity contribution < 1.29 is 8.42 Å². The average Bonchev–Trinajstić information content (AvgIpc) is 2.41. The van der Waals surface area contributed by atoms with Crippen molar-refractivity contribution >= 4 is 38.7 Å². The average molecular weight is 344 g/mol. The summed E-state index contributed by atoms with van der Waals surface area (Å²) in [4.78, 5) is 0.259. The van der Waals surface area contributed by atoms with Gasteiger partial charge < -0.3 is 5.32 Å². The Labute approximate surface area is 134 Å². The lowest BCUT2D eigenvalue weighted by Crippen LogP contribution is -2.10. The normalized spacial score (nSPS) is 13.0. The first-order valence-electron chi connectivity index (χ1n) is 6.30. The maximum atomic E-state index is 11.8. The first-order valence-corrected chi connectivity index (χ1v) is 8.95. The van der Waals surface area contributed by atoms with E-state index in [1.807, 2.05) is 19.1 Å². The van der Waals surface area contributed by atoms with E-state index in [-0.39, 0.29) is 10.9 Å². The summed E-state index contributed by atoms with van der Waals surface area (Å²) < 4.78 is 23.6. The molecule has 0 radical (unpaired) electrons. The molecule has 6 heteroatoms. The van der Waals surface area contributed by atoms with Gasteiger partial charge in [0.2, 0.25) is 0 Å². The molecule has 3 nitrogen and oxygen atoms in total. The van der Waals surface area contributed by atoms with E-state index in [0.29, 0.717) is 15.7 Å². The smallest absolute Gasteiger partial charge is 0.177 e. The van der Waals surface area contributed by atoms with Gasteiger partial charge in [-0.25, -0.2) is 8.42 Å². The lowest BCUT2D eigenvalue weighted by Gasteiger charge is -2.19. The molecular weight excluding hydrogens is 329 g/mol. The predicted molar refractivity (Wildman–Crippen MR) is 88.1 cm³/mol. The van der Waals surface area contributed by atoms with Crippen molar-refractivity contribution in [1.29, 1.82) is 0 Å². The Morgan fingerprint density at radius 1 is 1.05 bits per heavy atom. The van der Waals surface area contributed by atoms with Crippen LogP contribution in [-0.2, 0) is 9.84 Å². The van der Waals surface area contributed by atoms with E-state index in [1.54, 1.807) is 30.3 Å². The van der Waals surface area contributed by atoms with Gasteiger partial charge in [-0.3, -0.25) is 0 Å². The fourth-order valence-corrected chi connectivity index (χ4v) is 3.40. The van der Waals surface area contributed by atoms with Crippen LogP contribution < -0.4 is 5.32 Å². The van der Waals surface area contributed by atoms with Crippen LogP contribution >= 0.6 is 23.2 Å². The molecule has 2 aromatic carbocycles. The van der Waals surface area contributed by atoms with Crippen molar-refractivity contribution in [2.45, 2.75) is 17.9 Å². The van der Waals surface area contributed by atoms with Crippen molar-refractivity contribution in [3.8, 4) is 0 Å². The first kappa shape index (κ1) is 16.1. The molecule has 1 N–H and O–H groups in total. The molecule has 1 unspecified atom stereocenters. The van der Waals surface area contributed by atoms with Crippen LogP contribution in [0, 0.1) is 0 Å². The van der Waals surface area contributed by atoms with Crippen LogP contribution in [-0.4, -0.2) is 14.7 Å². The Kier molecular flexibility index (Phi) is 4.81. The van der Waals surface area contributed by atoms with E-state index >= 15 is 0 Å². The molecule has 0 heterocycles. The van der Waals surface area contributed by atoms with E-state index < -0.39 is 9.84 Å². The molecule has 0 fully saturated rings. The molecule has 0 aromatic heterocycles. The van der Waals surface area contributed by atoms with E-state index in [4.69, 9.17) is 23.2 Å². The SMILES string of the molecule is CC(Nc1ccccc1S(C)(=O)=O)c1cccc(Cl)c1Cl. The third kappa shape index (κ3) is 3.70. The fourth-order valence-electron chi connectivity index (χ4n) is 2.08. The van der Waals surface area contributed by atoms with E-state index in [9.17, 15) is 8.42 Å². The molecule has 0 amide bonds. The first-order chi connectivity index (χ1) is 9.80. The Morgan fingerprint density at radius 3 is 2.38 bits per heavy atom. The summed E-state index contributed by atoms with van der Waals surface area (Å²) in [6.07, 6.45) is 1.19. The number of hydrogen-bond donors (Lipinski definition) is 1.